The SMILES string of the molecule is COc1ccc(/C=N/NC(=S)NC(C)C)c(OC)c1OC. The minimum Gasteiger partial charge on any atom is -0.493 e. The van der Waals surface area contributed by atoms with Crippen LogP contribution in [0, 0.1) is 0 Å². The molecule has 6 nitrogen and oxygen atoms in total. The Morgan fingerprint density at radius 1 is 1.14 bits per heavy atom. The summed E-state index contributed by atoms with van der Waals surface area (Å²) in [5, 5.41) is 7.57. The lowest BCUT2D eigenvalue weighted by atomic mass is 10.2. The van der Waals surface area contributed by atoms with Crippen LogP contribution in [0.3, 0.4) is 0 Å². The van der Waals surface area contributed by atoms with Gasteiger partial charge in [0.1, 0.15) is 0 Å². The molecule has 0 saturated heterocycles. The van der Waals surface area contributed by atoms with E-state index >= 15 is 0 Å². The molecule has 0 aliphatic carbocycles. The first kappa shape index (κ1) is 17.0. The highest BCUT2D eigenvalue weighted by molar-refractivity contribution is 7.80. The van der Waals surface area contributed by atoms with Crippen molar-refractivity contribution < 1.29 is 14.2 Å². The van der Waals surface area contributed by atoms with Gasteiger partial charge in [0.2, 0.25) is 5.75 Å². The first-order chi connectivity index (χ1) is 10.0. The van der Waals surface area contributed by atoms with E-state index in [2.05, 4.69) is 15.8 Å². The standard InChI is InChI=1S/C14H21N3O3S/c1-9(2)16-14(21)17-15-8-10-6-7-11(18-3)13(20-5)12(10)19-4/h6-9H,1-5H3,(H2,16,17,21)/b15-8+. The molecule has 0 aliphatic rings. The van der Waals surface area contributed by atoms with E-state index in [9.17, 15) is 0 Å². The van der Waals surface area contributed by atoms with Gasteiger partial charge in [-0.1, -0.05) is 0 Å². The smallest absolute Gasteiger partial charge is 0.203 e. The van der Waals surface area contributed by atoms with Crippen LogP contribution in [-0.2, 0) is 0 Å². The van der Waals surface area contributed by atoms with Crippen LogP contribution in [0.2, 0.25) is 0 Å². The van der Waals surface area contributed by atoms with E-state index in [0.29, 0.717) is 22.4 Å². The van der Waals surface area contributed by atoms with Crippen LogP contribution < -0.4 is 25.0 Å². The quantitative estimate of drug-likeness (QED) is 0.475. The minimum atomic E-state index is 0.246. The Balaban J connectivity index is 2.90. The maximum atomic E-state index is 5.36. The average Bonchev–Trinajstić information content (AvgIpc) is 2.45. The molecule has 1 rings (SSSR count). The van der Waals surface area contributed by atoms with Crippen LogP contribution in [0.25, 0.3) is 0 Å². The largest absolute Gasteiger partial charge is 0.493 e. The summed E-state index contributed by atoms with van der Waals surface area (Å²) < 4.78 is 15.9. The number of ether oxygens (including phenoxy) is 3. The number of nitrogens with zero attached hydrogens (tertiary/aromatic N) is 1. The summed E-state index contributed by atoms with van der Waals surface area (Å²) in [7, 11) is 4.69. The molecule has 7 heteroatoms. The van der Waals surface area contributed by atoms with Gasteiger partial charge in [-0.3, -0.25) is 5.43 Å². The Hall–Kier alpha value is -2.02. The van der Waals surface area contributed by atoms with Gasteiger partial charge in [-0.15, -0.1) is 0 Å². The fourth-order valence-corrected chi connectivity index (χ4v) is 1.97. The fourth-order valence-electron chi connectivity index (χ4n) is 1.68. The summed E-state index contributed by atoms with van der Waals surface area (Å²) >= 11 is 5.08. The van der Waals surface area contributed by atoms with Crippen molar-refractivity contribution in [1.82, 2.24) is 10.7 Å². The van der Waals surface area contributed by atoms with E-state index in [0.717, 1.165) is 5.56 Å². The zero-order valence-electron chi connectivity index (χ0n) is 12.9. The molecule has 0 amide bonds. The molecule has 1 aromatic carbocycles. The highest BCUT2D eigenvalue weighted by Crippen LogP contribution is 2.38. The van der Waals surface area contributed by atoms with Gasteiger partial charge in [0.25, 0.3) is 0 Å². The van der Waals surface area contributed by atoms with Gasteiger partial charge in [-0.2, -0.15) is 5.10 Å². The van der Waals surface area contributed by atoms with E-state index in [1.165, 1.54) is 0 Å². The Kier molecular flexibility index (Phi) is 6.74. The summed E-state index contributed by atoms with van der Waals surface area (Å²) in [6.07, 6.45) is 1.61. The van der Waals surface area contributed by atoms with Crippen LogP contribution in [0.15, 0.2) is 17.2 Å². The molecule has 21 heavy (non-hydrogen) atoms. The van der Waals surface area contributed by atoms with E-state index in [1.54, 1.807) is 33.6 Å². The number of methoxy groups -OCH3 is 3. The molecule has 0 spiro atoms. The molecule has 0 heterocycles. The number of hydrogen-bond donors (Lipinski definition) is 2. The van der Waals surface area contributed by atoms with Crippen molar-refractivity contribution in [3.63, 3.8) is 0 Å². The van der Waals surface area contributed by atoms with Crippen molar-refractivity contribution in [2.75, 3.05) is 21.3 Å². The van der Waals surface area contributed by atoms with Crippen molar-refractivity contribution >= 4 is 23.5 Å². The fraction of sp³-hybridized carbons (Fsp3) is 0.429. The van der Waals surface area contributed by atoms with Gasteiger partial charge in [0.15, 0.2) is 16.6 Å². The van der Waals surface area contributed by atoms with Crippen LogP contribution in [-0.4, -0.2) is 38.7 Å². The zero-order chi connectivity index (χ0) is 15.8. The van der Waals surface area contributed by atoms with E-state index in [-0.39, 0.29) is 6.04 Å². The molecule has 0 unspecified atom stereocenters. The van der Waals surface area contributed by atoms with Gasteiger partial charge >= 0.3 is 0 Å². The number of benzene rings is 1. The predicted octanol–water partition coefficient (Wildman–Crippen LogP) is 1.92. The zero-order valence-corrected chi connectivity index (χ0v) is 13.7. The van der Waals surface area contributed by atoms with Crippen LogP contribution in [0.4, 0.5) is 0 Å². The summed E-state index contributed by atoms with van der Waals surface area (Å²) in [4.78, 5) is 0. The maximum absolute atomic E-state index is 5.36. The first-order valence-electron chi connectivity index (χ1n) is 6.42. The second kappa shape index (κ2) is 8.31. The van der Waals surface area contributed by atoms with Gasteiger partial charge in [-0.25, -0.2) is 0 Å². The van der Waals surface area contributed by atoms with Gasteiger partial charge in [0.05, 0.1) is 27.5 Å². The van der Waals surface area contributed by atoms with Gasteiger partial charge < -0.3 is 19.5 Å². The second-order valence-corrected chi connectivity index (χ2v) is 4.83. The molecule has 0 aliphatic heterocycles. The van der Waals surface area contributed by atoms with Gasteiger partial charge in [-0.05, 0) is 38.2 Å². The van der Waals surface area contributed by atoms with E-state index in [4.69, 9.17) is 26.4 Å². The van der Waals surface area contributed by atoms with Crippen LogP contribution in [0.5, 0.6) is 17.2 Å². The lowest BCUT2D eigenvalue weighted by Gasteiger charge is -2.14. The minimum absolute atomic E-state index is 0.246. The van der Waals surface area contributed by atoms with Crippen molar-refractivity contribution in [2.45, 2.75) is 19.9 Å². The summed E-state index contributed by atoms with van der Waals surface area (Å²) in [6, 6.07) is 3.85. The number of hydrogen-bond acceptors (Lipinski definition) is 5. The summed E-state index contributed by atoms with van der Waals surface area (Å²) in [6.45, 7) is 3.99. The lowest BCUT2D eigenvalue weighted by molar-refractivity contribution is 0.324. The molecule has 0 saturated carbocycles. The number of thiocarbonyl (C=S) groups is 1. The average molecular weight is 311 g/mol. The van der Waals surface area contributed by atoms with Crippen molar-refractivity contribution in [2.24, 2.45) is 5.10 Å². The molecule has 0 bridgehead atoms. The Morgan fingerprint density at radius 2 is 1.81 bits per heavy atom. The highest BCUT2D eigenvalue weighted by Gasteiger charge is 2.14. The Bertz CT molecular complexity index is 518. The van der Waals surface area contributed by atoms with E-state index in [1.807, 2.05) is 19.9 Å². The third-order valence-corrected chi connectivity index (χ3v) is 2.73. The molecule has 0 atom stereocenters. The molecule has 2 N–H and O–H groups in total. The van der Waals surface area contributed by atoms with Gasteiger partial charge in [0, 0.05) is 11.6 Å². The third-order valence-electron chi connectivity index (χ3n) is 2.52. The number of rotatable bonds is 6. The van der Waals surface area contributed by atoms with Crippen molar-refractivity contribution in [3.05, 3.63) is 17.7 Å². The summed E-state index contributed by atoms with van der Waals surface area (Å²) in [5.41, 5.74) is 3.49. The highest BCUT2D eigenvalue weighted by atomic mass is 32.1. The monoisotopic (exact) mass is 311 g/mol. The van der Waals surface area contributed by atoms with Crippen LogP contribution in [0.1, 0.15) is 19.4 Å². The van der Waals surface area contributed by atoms with Crippen molar-refractivity contribution in [3.8, 4) is 17.2 Å². The molecule has 1 aromatic rings. The maximum Gasteiger partial charge on any atom is 0.203 e. The normalized spacial score (nSPS) is 10.6. The van der Waals surface area contributed by atoms with Crippen molar-refractivity contribution in [1.29, 1.82) is 0 Å². The molecule has 0 fully saturated rings. The molecular weight excluding hydrogens is 290 g/mol. The lowest BCUT2D eigenvalue weighted by Crippen LogP contribution is -2.36. The third kappa shape index (κ3) is 4.78. The molecular formula is C14H21N3O3S. The van der Waals surface area contributed by atoms with Crippen LogP contribution >= 0.6 is 12.2 Å². The van der Waals surface area contributed by atoms with E-state index < -0.39 is 0 Å². The molecule has 116 valence electrons. The predicted molar refractivity (Wildman–Crippen MR) is 87.7 cm³/mol. The number of hydrazone groups is 1. The Morgan fingerprint density at radius 3 is 2.33 bits per heavy atom. The second-order valence-electron chi connectivity index (χ2n) is 4.42. The first-order valence-corrected chi connectivity index (χ1v) is 6.82. The topological polar surface area (TPSA) is 64.1 Å². The molecule has 0 radical (unpaired) electrons. The Labute approximate surface area is 130 Å². The summed E-state index contributed by atoms with van der Waals surface area (Å²) in [5.74, 6) is 1.66. The number of nitrogens with one attached hydrogen (secondary N) is 2. The molecule has 0 aromatic heterocycles.